The Balaban J connectivity index is 3.20. The molecule has 0 heterocycles. The summed E-state index contributed by atoms with van der Waals surface area (Å²) >= 11 is 0. The van der Waals surface area contributed by atoms with Crippen LogP contribution in [0.2, 0.25) is 0 Å². The minimum atomic E-state index is -0.753. The van der Waals surface area contributed by atoms with E-state index in [1.165, 1.54) is 6.07 Å². The highest BCUT2D eigenvalue weighted by atomic mass is 19.1. The number of hydrogen-bond acceptors (Lipinski definition) is 1. The number of aliphatic hydroxyl groups is 1. The van der Waals surface area contributed by atoms with Crippen LogP contribution in [0.5, 0.6) is 0 Å². The first-order chi connectivity index (χ1) is 6.32. The Morgan fingerprint density at radius 3 is 2.29 bits per heavy atom. The van der Waals surface area contributed by atoms with Crippen LogP contribution >= 0.6 is 0 Å². The molecule has 0 fully saturated rings. The summed E-state index contributed by atoms with van der Waals surface area (Å²) < 4.78 is 13.2. The average Bonchev–Trinajstić information content (AvgIpc) is 2.02. The molecule has 0 aliphatic heterocycles. The van der Waals surface area contributed by atoms with Crippen molar-refractivity contribution >= 4 is 0 Å². The summed E-state index contributed by atoms with van der Waals surface area (Å²) in [5, 5.41) is 9.35. The van der Waals surface area contributed by atoms with Crippen LogP contribution in [0.25, 0.3) is 0 Å². The van der Waals surface area contributed by atoms with Crippen LogP contribution in [0.3, 0.4) is 0 Å². The summed E-state index contributed by atoms with van der Waals surface area (Å²) in [7, 11) is 0. The van der Waals surface area contributed by atoms with Crippen molar-refractivity contribution in [3.63, 3.8) is 0 Å². The molecular weight excluding hydrogens is 179 g/mol. The van der Waals surface area contributed by atoms with E-state index in [0.29, 0.717) is 5.56 Å². The standard InChI is InChI=1S/C12H17FO/c1-8(14)10-7-9(12(2,3)4)5-6-11(10)13/h5-8,14H,1-4H3. The van der Waals surface area contributed by atoms with Crippen molar-refractivity contribution < 1.29 is 9.50 Å². The van der Waals surface area contributed by atoms with Gasteiger partial charge in [-0.15, -0.1) is 0 Å². The molecule has 1 rings (SSSR count). The van der Waals surface area contributed by atoms with Crippen molar-refractivity contribution in [3.8, 4) is 0 Å². The third-order valence-electron chi connectivity index (χ3n) is 2.31. The Labute approximate surface area is 84.6 Å². The van der Waals surface area contributed by atoms with E-state index >= 15 is 0 Å². The van der Waals surface area contributed by atoms with Crippen LogP contribution in [-0.2, 0) is 5.41 Å². The Kier molecular flexibility index (Phi) is 2.95. The molecule has 1 nitrogen and oxygen atoms in total. The van der Waals surface area contributed by atoms with Crippen LogP contribution in [-0.4, -0.2) is 5.11 Å². The van der Waals surface area contributed by atoms with Crippen molar-refractivity contribution in [2.45, 2.75) is 39.2 Å². The minimum absolute atomic E-state index is 0.0165. The summed E-state index contributed by atoms with van der Waals surface area (Å²) in [6, 6.07) is 4.92. The lowest BCUT2D eigenvalue weighted by atomic mass is 9.85. The van der Waals surface area contributed by atoms with E-state index in [4.69, 9.17) is 0 Å². The lowest BCUT2D eigenvalue weighted by molar-refractivity contribution is 0.194. The summed E-state index contributed by atoms with van der Waals surface area (Å²) in [4.78, 5) is 0. The Morgan fingerprint density at radius 1 is 1.29 bits per heavy atom. The third kappa shape index (κ3) is 2.32. The zero-order chi connectivity index (χ0) is 10.9. The molecular formula is C12H17FO. The van der Waals surface area contributed by atoms with Gasteiger partial charge in [0, 0.05) is 5.56 Å². The van der Waals surface area contributed by atoms with Crippen molar-refractivity contribution in [1.82, 2.24) is 0 Å². The van der Waals surface area contributed by atoms with Gasteiger partial charge in [-0.05, 0) is 30.0 Å². The molecule has 14 heavy (non-hydrogen) atoms. The molecule has 2 heteroatoms. The average molecular weight is 196 g/mol. The quantitative estimate of drug-likeness (QED) is 0.731. The molecule has 0 radical (unpaired) electrons. The number of hydrogen-bond donors (Lipinski definition) is 1. The Morgan fingerprint density at radius 2 is 1.86 bits per heavy atom. The van der Waals surface area contributed by atoms with Crippen molar-refractivity contribution in [2.75, 3.05) is 0 Å². The van der Waals surface area contributed by atoms with E-state index in [9.17, 15) is 9.50 Å². The highest BCUT2D eigenvalue weighted by molar-refractivity contribution is 5.30. The van der Waals surface area contributed by atoms with Gasteiger partial charge in [-0.3, -0.25) is 0 Å². The molecule has 78 valence electrons. The first-order valence-electron chi connectivity index (χ1n) is 4.80. The van der Waals surface area contributed by atoms with Gasteiger partial charge in [0.2, 0.25) is 0 Å². The molecule has 0 saturated carbocycles. The fourth-order valence-electron chi connectivity index (χ4n) is 1.33. The molecule has 1 atom stereocenters. The lowest BCUT2D eigenvalue weighted by Crippen LogP contribution is -2.12. The minimum Gasteiger partial charge on any atom is -0.389 e. The number of halogens is 1. The number of aliphatic hydroxyl groups excluding tert-OH is 1. The third-order valence-corrected chi connectivity index (χ3v) is 2.31. The molecule has 0 spiro atoms. The van der Waals surface area contributed by atoms with Crippen molar-refractivity contribution in [3.05, 3.63) is 35.1 Å². The van der Waals surface area contributed by atoms with Gasteiger partial charge < -0.3 is 5.11 Å². The van der Waals surface area contributed by atoms with Crippen molar-refractivity contribution in [1.29, 1.82) is 0 Å². The molecule has 0 bridgehead atoms. The second kappa shape index (κ2) is 3.70. The normalized spacial score (nSPS) is 14.1. The lowest BCUT2D eigenvalue weighted by Gasteiger charge is -2.20. The predicted molar refractivity (Wildman–Crippen MR) is 55.7 cm³/mol. The van der Waals surface area contributed by atoms with E-state index in [0.717, 1.165) is 5.56 Å². The molecule has 1 N–H and O–H groups in total. The monoisotopic (exact) mass is 196 g/mol. The maximum absolute atomic E-state index is 13.2. The van der Waals surface area contributed by atoms with Crippen LogP contribution in [0, 0.1) is 5.82 Å². The van der Waals surface area contributed by atoms with Gasteiger partial charge in [-0.1, -0.05) is 26.8 Å². The highest BCUT2D eigenvalue weighted by Crippen LogP contribution is 2.26. The van der Waals surface area contributed by atoms with E-state index < -0.39 is 6.10 Å². The largest absolute Gasteiger partial charge is 0.389 e. The molecule has 0 amide bonds. The SMILES string of the molecule is CC(O)c1cc(C(C)(C)C)ccc1F. The second-order valence-electron chi connectivity index (χ2n) is 4.66. The van der Waals surface area contributed by atoms with E-state index in [1.54, 1.807) is 19.1 Å². The van der Waals surface area contributed by atoms with Gasteiger partial charge >= 0.3 is 0 Å². The maximum Gasteiger partial charge on any atom is 0.129 e. The van der Waals surface area contributed by atoms with Gasteiger partial charge in [-0.2, -0.15) is 0 Å². The summed E-state index contributed by atoms with van der Waals surface area (Å²) in [6.07, 6.45) is -0.753. The van der Waals surface area contributed by atoms with E-state index in [1.807, 2.05) is 0 Å². The molecule has 1 unspecified atom stereocenters. The maximum atomic E-state index is 13.2. The smallest absolute Gasteiger partial charge is 0.129 e. The van der Waals surface area contributed by atoms with Crippen LogP contribution in [0.1, 0.15) is 44.9 Å². The van der Waals surface area contributed by atoms with Gasteiger partial charge in [0.1, 0.15) is 5.82 Å². The van der Waals surface area contributed by atoms with Gasteiger partial charge in [-0.25, -0.2) is 4.39 Å². The zero-order valence-electron chi connectivity index (χ0n) is 9.13. The summed E-state index contributed by atoms with van der Waals surface area (Å²) in [5.41, 5.74) is 1.39. The molecule has 0 aromatic heterocycles. The van der Waals surface area contributed by atoms with Crippen molar-refractivity contribution in [2.24, 2.45) is 0 Å². The fraction of sp³-hybridized carbons (Fsp3) is 0.500. The van der Waals surface area contributed by atoms with Crippen LogP contribution in [0.4, 0.5) is 4.39 Å². The topological polar surface area (TPSA) is 20.2 Å². The molecule has 0 aliphatic carbocycles. The van der Waals surface area contributed by atoms with E-state index in [-0.39, 0.29) is 11.2 Å². The highest BCUT2D eigenvalue weighted by Gasteiger charge is 2.17. The summed E-state index contributed by atoms with van der Waals surface area (Å²) in [6.45, 7) is 7.76. The Hall–Kier alpha value is -0.890. The fourth-order valence-corrected chi connectivity index (χ4v) is 1.33. The van der Waals surface area contributed by atoms with E-state index in [2.05, 4.69) is 20.8 Å². The predicted octanol–water partition coefficient (Wildman–Crippen LogP) is 3.18. The van der Waals surface area contributed by atoms with Gasteiger partial charge in [0.25, 0.3) is 0 Å². The molecule has 1 aromatic carbocycles. The number of rotatable bonds is 1. The first-order valence-corrected chi connectivity index (χ1v) is 4.80. The van der Waals surface area contributed by atoms with Gasteiger partial charge in [0.15, 0.2) is 0 Å². The zero-order valence-corrected chi connectivity index (χ0v) is 9.13. The molecule has 0 saturated heterocycles. The molecule has 1 aromatic rings. The van der Waals surface area contributed by atoms with Gasteiger partial charge in [0.05, 0.1) is 6.10 Å². The van der Waals surface area contributed by atoms with Crippen LogP contribution in [0.15, 0.2) is 18.2 Å². The first kappa shape index (κ1) is 11.2. The summed E-state index contributed by atoms with van der Waals surface area (Å²) in [5.74, 6) is -0.340. The van der Waals surface area contributed by atoms with Crippen LogP contribution < -0.4 is 0 Å². The molecule has 0 aliphatic rings. The second-order valence-corrected chi connectivity index (χ2v) is 4.66. The Bertz CT molecular complexity index is 324. The number of benzene rings is 1.